The maximum absolute atomic E-state index is 13.7. The van der Waals surface area contributed by atoms with Crippen LogP contribution < -0.4 is 4.90 Å². The van der Waals surface area contributed by atoms with Crippen molar-refractivity contribution in [1.29, 1.82) is 0 Å². The van der Waals surface area contributed by atoms with Crippen molar-refractivity contribution in [3.8, 4) is 0 Å². The minimum atomic E-state index is -0.347. The van der Waals surface area contributed by atoms with Crippen LogP contribution in [0.4, 0.5) is 5.69 Å². The third-order valence-corrected chi connectivity index (χ3v) is 5.67. The van der Waals surface area contributed by atoms with Gasteiger partial charge in [-0.3, -0.25) is 14.5 Å². The zero-order chi connectivity index (χ0) is 22.0. The van der Waals surface area contributed by atoms with E-state index in [9.17, 15) is 9.59 Å². The first-order chi connectivity index (χ1) is 15.0. The van der Waals surface area contributed by atoms with E-state index in [4.69, 9.17) is 17.0 Å². The number of ether oxygens (including phenoxy) is 1. The number of rotatable bonds is 5. The third-order valence-electron chi connectivity index (χ3n) is 5.29. The van der Waals surface area contributed by atoms with Gasteiger partial charge in [-0.2, -0.15) is 0 Å². The van der Waals surface area contributed by atoms with E-state index in [-0.39, 0.29) is 18.3 Å². The molecular formula is C26H21NO3S. The topological polar surface area (TPSA) is 46.6 Å². The van der Waals surface area contributed by atoms with Crippen molar-refractivity contribution < 1.29 is 14.3 Å². The highest BCUT2D eigenvalue weighted by molar-refractivity contribution is 7.82. The summed E-state index contributed by atoms with van der Waals surface area (Å²) in [6.07, 6.45) is 0.0968. The Bertz CT molecular complexity index is 1200. The molecule has 0 bridgehead atoms. The highest BCUT2D eigenvalue weighted by Crippen LogP contribution is 2.40. The van der Waals surface area contributed by atoms with Gasteiger partial charge in [-0.25, -0.2) is 0 Å². The molecule has 1 heterocycles. The Morgan fingerprint density at radius 3 is 2.23 bits per heavy atom. The fraction of sp³-hybridized carbons (Fsp3) is 0.115. The zero-order valence-corrected chi connectivity index (χ0v) is 18.1. The van der Waals surface area contributed by atoms with E-state index in [0.29, 0.717) is 16.1 Å². The summed E-state index contributed by atoms with van der Waals surface area (Å²) in [7, 11) is 1.36. The van der Waals surface area contributed by atoms with Gasteiger partial charge < -0.3 is 4.74 Å². The molecule has 1 aliphatic rings. The molecule has 0 aliphatic carbocycles. The average Bonchev–Trinajstić information content (AvgIpc) is 3.05. The van der Waals surface area contributed by atoms with Crippen molar-refractivity contribution in [2.45, 2.75) is 13.3 Å². The highest BCUT2D eigenvalue weighted by atomic mass is 32.1. The van der Waals surface area contributed by atoms with Crippen molar-refractivity contribution >= 4 is 45.9 Å². The Kier molecular flexibility index (Phi) is 5.78. The summed E-state index contributed by atoms with van der Waals surface area (Å²) in [6.45, 7) is 2.00. The molecule has 0 aromatic heterocycles. The predicted molar refractivity (Wildman–Crippen MR) is 127 cm³/mol. The molecule has 3 aromatic carbocycles. The van der Waals surface area contributed by atoms with Gasteiger partial charge in [-0.05, 0) is 35.7 Å². The van der Waals surface area contributed by atoms with Crippen LogP contribution in [0.15, 0.2) is 78.9 Å². The molecule has 3 aromatic rings. The van der Waals surface area contributed by atoms with E-state index in [1.807, 2.05) is 85.8 Å². The van der Waals surface area contributed by atoms with E-state index in [0.717, 1.165) is 27.9 Å². The van der Waals surface area contributed by atoms with Crippen LogP contribution in [-0.2, 0) is 20.7 Å². The molecule has 4 nitrogen and oxygen atoms in total. The van der Waals surface area contributed by atoms with Gasteiger partial charge in [0.1, 0.15) is 4.99 Å². The first kappa shape index (κ1) is 20.7. The molecular weight excluding hydrogens is 406 g/mol. The molecule has 1 amide bonds. The number of anilines is 1. The first-order valence-corrected chi connectivity index (χ1v) is 10.3. The summed E-state index contributed by atoms with van der Waals surface area (Å²) < 4.78 is 4.87. The van der Waals surface area contributed by atoms with E-state index in [1.54, 1.807) is 4.90 Å². The van der Waals surface area contributed by atoms with Gasteiger partial charge in [-0.1, -0.05) is 84.5 Å². The summed E-state index contributed by atoms with van der Waals surface area (Å²) in [5.41, 5.74) is 5.32. The minimum Gasteiger partial charge on any atom is -0.469 e. The van der Waals surface area contributed by atoms with Gasteiger partial charge >= 0.3 is 5.97 Å². The second-order valence-electron chi connectivity index (χ2n) is 7.31. The van der Waals surface area contributed by atoms with Crippen molar-refractivity contribution in [3.05, 3.63) is 101 Å². The molecule has 1 aliphatic heterocycles. The largest absolute Gasteiger partial charge is 0.469 e. The van der Waals surface area contributed by atoms with Crippen LogP contribution in [0.25, 0.3) is 11.1 Å². The van der Waals surface area contributed by atoms with Crippen LogP contribution in [0.3, 0.4) is 0 Å². The van der Waals surface area contributed by atoms with Gasteiger partial charge in [0.15, 0.2) is 0 Å². The van der Waals surface area contributed by atoms with E-state index >= 15 is 0 Å². The second kappa shape index (κ2) is 8.66. The van der Waals surface area contributed by atoms with Crippen LogP contribution >= 0.6 is 12.2 Å². The molecule has 0 atom stereocenters. The number of thiocarbonyl (C=S) groups is 1. The number of carbonyl (C=O) groups excluding carboxylic acids is 2. The zero-order valence-electron chi connectivity index (χ0n) is 17.3. The Balaban J connectivity index is 1.91. The number of carbonyl (C=O) groups is 2. The number of amides is 1. The lowest BCUT2D eigenvalue weighted by Crippen LogP contribution is -2.30. The van der Waals surface area contributed by atoms with Crippen LogP contribution in [0.5, 0.6) is 0 Å². The molecule has 0 unspecified atom stereocenters. The van der Waals surface area contributed by atoms with Crippen LogP contribution in [0.2, 0.25) is 0 Å². The predicted octanol–water partition coefficient (Wildman–Crippen LogP) is 5.00. The van der Waals surface area contributed by atoms with Crippen molar-refractivity contribution in [3.63, 3.8) is 0 Å². The molecule has 0 saturated carbocycles. The quantitative estimate of drug-likeness (QED) is 0.425. The maximum Gasteiger partial charge on any atom is 0.309 e. The highest BCUT2D eigenvalue weighted by Gasteiger charge is 2.38. The Labute approximate surface area is 186 Å². The van der Waals surface area contributed by atoms with Crippen molar-refractivity contribution in [2.75, 3.05) is 12.0 Å². The molecule has 0 N–H and O–H groups in total. The fourth-order valence-electron chi connectivity index (χ4n) is 3.73. The third kappa shape index (κ3) is 3.92. The maximum atomic E-state index is 13.7. The van der Waals surface area contributed by atoms with Crippen LogP contribution in [0, 0.1) is 6.92 Å². The number of esters is 1. The van der Waals surface area contributed by atoms with Crippen molar-refractivity contribution in [1.82, 2.24) is 0 Å². The summed E-state index contributed by atoms with van der Waals surface area (Å²) in [5, 5.41) is 0. The lowest BCUT2D eigenvalue weighted by Gasteiger charge is -2.18. The Morgan fingerprint density at radius 1 is 0.903 bits per heavy atom. The van der Waals surface area contributed by atoms with Gasteiger partial charge in [0.25, 0.3) is 5.91 Å². The molecule has 154 valence electrons. The summed E-state index contributed by atoms with van der Waals surface area (Å²) in [6, 6.07) is 24.7. The lowest BCUT2D eigenvalue weighted by molar-refractivity contribution is -0.139. The van der Waals surface area contributed by atoms with Crippen molar-refractivity contribution in [2.24, 2.45) is 0 Å². The molecule has 4 rings (SSSR count). The molecule has 0 spiro atoms. The van der Waals surface area contributed by atoms with Gasteiger partial charge in [0.05, 0.1) is 24.8 Å². The number of hydrogen-bond acceptors (Lipinski definition) is 4. The monoisotopic (exact) mass is 427 g/mol. The number of aryl methyl sites for hydroxylation is 1. The SMILES string of the molecule is COC(=O)Cc1ccccc1C1=C(c2ccccc2)C(=O)N(c2ccc(C)cc2)C1=S. The average molecular weight is 428 g/mol. The molecule has 31 heavy (non-hydrogen) atoms. The Morgan fingerprint density at radius 2 is 1.55 bits per heavy atom. The Hall–Kier alpha value is -3.57. The van der Waals surface area contributed by atoms with Crippen LogP contribution in [0.1, 0.15) is 22.3 Å². The summed E-state index contributed by atoms with van der Waals surface area (Å²) in [4.78, 5) is 27.7. The standard InChI is InChI=1S/C26H21NO3S/c1-17-12-14-20(15-13-17)27-25(29)23(18-8-4-3-5-9-18)24(26(27)31)21-11-7-6-10-19(21)16-22(28)30-2/h3-15H,16H2,1-2H3. The number of methoxy groups -OCH3 is 1. The number of hydrogen-bond donors (Lipinski definition) is 0. The lowest BCUT2D eigenvalue weighted by atomic mass is 9.92. The van der Waals surface area contributed by atoms with Gasteiger partial charge in [0, 0.05) is 5.57 Å². The smallest absolute Gasteiger partial charge is 0.309 e. The molecule has 0 saturated heterocycles. The minimum absolute atomic E-state index is 0.0968. The van der Waals surface area contributed by atoms with E-state index in [2.05, 4.69) is 0 Å². The second-order valence-corrected chi connectivity index (χ2v) is 7.69. The number of benzene rings is 3. The summed E-state index contributed by atoms with van der Waals surface area (Å²) >= 11 is 5.85. The molecule has 0 radical (unpaired) electrons. The van der Waals surface area contributed by atoms with E-state index < -0.39 is 0 Å². The summed E-state index contributed by atoms with van der Waals surface area (Å²) in [5.74, 6) is -0.525. The van der Waals surface area contributed by atoms with Gasteiger partial charge in [0.2, 0.25) is 0 Å². The van der Waals surface area contributed by atoms with E-state index in [1.165, 1.54) is 7.11 Å². The normalized spacial score (nSPS) is 13.7. The fourth-order valence-corrected chi connectivity index (χ4v) is 4.13. The van der Waals surface area contributed by atoms with Crippen LogP contribution in [-0.4, -0.2) is 24.0 Å². The number of nitrogens with zero attached hydrogens (tertiary/aromatic N) is 1. The molecule has 5 heteroatoms. The first-order valence-electron chi connectivity index (χ1n) is 9.91. The molecule has 0 fully saturated rings. The van der Waals surface area contributed by atoms with Gasteiger partial charge in [-0.15, -0.1) is 0 Å².